The van der Waals surface area contributed by atoms with Gasteiger partial charge < -0.3 is 31.4 Å². The molecule has 1 aliphatic heterocycles. The largest absolute Gasteiger partial charge is 0.507 e. The lowest BCUT2D eigenvalue weighted by atomic mass is 9.86. The normalized spacial score (nSPS) is 15.7. The highest BCUT2D eigenvalue weighted by molar-refractivity contribution is 5.90. The zero-order valence-corrected chi connectivity index (χ0v) is 24.4. The monoisotopic (exact) mass is 566 g/mol. The van der Waals surface area contributed by atoms with Crippen LogP contribution in [0.2, 0.25) is 0 Å². The molecule has 0 radical (unpaired) electrons. The van der Waals surface area contributed by atoms with E-state index >= 15 is 0 Å². The number of carbonyl (C=O) groups is 1. The van der Waals surface area contributed by atoms with Gasteiger partial charge in [0.2, 0.25) is 5.91 Å². The van der Waals surface area contributed by atoms with Gasteiger partial charge in [-0.25, -0.2) is 4.99 Å². The Balaban J connectivity index is 0.00000441. The van der Waals surface area contributed by atoms with Crippen molar-refractivity contribution < 1.29 is 19.4 Å². The van der Waals surface area contributed by atoms with Gasteiger partial charge in [-0.3, -0.25) is 4.79 Å². The molecule has 9 heteroatoms. The number of nitrogens with two attached hydrogens (primary N) is 2. The van der Waals surface area contributed by atoms with E-state index in [0.29, 0.717) is 30.9 Å². The minimum atomic E-state index is -0.340. The van der Waals surface area contributed by atoms with Crippen LogP contribution in [-0.4, -0.2) is 29.2 Å². The number of aryl methyl sites for hydroxylation is 1. The first kappa shape index (κ1) is 30.6. The Bertz CT molecular complexity index is 1370. The van der Waals surface area contributed by atoms with Crippen LogP contribution >= 0.6 is 12.4 Å². The average molecular weight is 567 g/mol. The molecular weight excluding hydrogens is 528 g/mol. The molecule has 0 saturated heterocycles. The maximum absolute atomic E-state index is 12.4. The molecule has 40 heavy (non-hydrogen) atoms. The maximum Gasteiger partial charge on any atom is 0.224 e. The molecule has 8 nitrogen and oxygen atoms in total. The van der Waals surface area contributed by atoms with E-state index in [-0.39, 0.29) is 29.9 Å². The Labute approximate surface area is 242 Å². The lowest BCUT2D eigenvalue weighted by Gasteiger charge is -2.38. The highest BCUT2D eigenvalue weighted by Gasteiger charge is 2.34. The van der Waals surface area contributed by atoms with Crippen molar-refractivity contribution in [2.45, 2.75) is 65.4 Å². The molecule has 0 aromatic heterocycles. The number of guanidine groups is 1. The van der Waals surface area contributed by atoms with Crippen molar-refractivity contribution in [1.29, 1.82) is 0 Å². The Morgan fingerprint density at radius 2 is 1.73 bits per heavy atom. The highest BCUT2D eigenvalue weighted by Crippen LogP contribution is 2.44. The van der Waals surface area contributed by atoms with Crippen LogP contribution in [0.25, 0.3) is 0 Å². The molecule has 4 rings (SSSR count). The number of amides is 1. The fourth-order valence-corrected chi connectivity index (χ4v) is 4.86. The third-order valence-electron chi connectivity index (χ3n) is 7.47. The van der Waals surface area contributed by atoms with Crippen LogP contribution in [0.15, 0.2) is 53.5 Å². The quantitative estimate of drug-likeness (QED) is 0.192. The summed E-state index contributed by atoms with van der Waals surface area (Å²) in [5.41, 5.74) is 16.8. The van der Waals surface area contributed by atoms with Gasteiger partial charge in [-0.1, -0.05) is 12.1 Å². The second-order valence-corrected chi connectivity index (χ2v) is 10.5. The molecule has 0 fully saturated rings. The SMILES string of the molecule is Cc1c(C)c2c(c(C)c1O)CCC(C)(CCOc1ccc(NC(=O)CCc3ccc(N=C(N)N)cc3)cc1)O2.Cl. The molecule has 6 N–H and O–H groups in total. The number of nitrogens with one attached hydrogen (secondary N) is 1. The summed E-state index contributed by atoms with van der Waals surface area (Å²) in [5, 5.41) is 13.3. The van der Waals surface area contributed by atoms with Gasteiger partial charge in [0.05, 0.1) is 12.3 Å². The van der Waals surface area contributed by atoms with Crippen LogP contribution in [0.3, 0.4) is 0 Å². The van der Waals surface area contributed by atoms with E-state index in [4.69, 9.17) is 20.9 Å². The van der Waals surface area contributed by atoms with E-state index in [1.807, 2.05) is 69.3 Å². The van der Waals surface area contributed by atoms with Gasteiger partial charge in [0.1, 0.15) is 22.8 Å². The molecule has 0 bridgehead atoms. The number of anilines is 1. The van der Waals surface area contributed by atoms with Gasteiger partial charge in [0, 0.05) is 24.1 Å². The molecule has 3 aromatic carbocycles. The number of carbonyl (C=O) groups excluding carboxylic acids is 1. The number of aromatic hydroxyl groups is 1. The van der Waals surface area contributed by atoms with Gasteiger partial charge in [-0.15, -0.1) is 12.4 Å². The number of aliphatic imine (C=N–C) groups is 1. The molecule has 1 amide bonds. The zero-order chi connectivity index (χ0) is 28.2. The predicted molar refractivity (Wildman–Crippen MR) is 162 cm³/mol. The minimum absolute atomic E-state index is 0. The molecule has 1 atom stereocenters. The third-order valence-corrected chi connectivity index (χ3v) is 7.47. The fraction of sp³-hybridized carbons (Fsp3) is 0.355. The van der Waals surface area contributed by atoms with Crippen molar-refractivity contribution in [3.8, 4) is 17.2 Å². The van der Waals surface area contributed by atoms with Crippen molar-refractivity contribution in [2.75, 3.05) is 11.9 Å². The van der Waals surface area contributed by atoms with Gasteiger partial charge in [-0.05, 0) is 106 Å². The van der Waals surface area contributed by atoms with Crippen molar-refractivity contribution in [1.82, 2.24) is 0 Å². The summed E-state index contributed by atoms with van der Waals surface area (Å²) in [6.45, 7) is 8.51. The number of hydrogen-bond acceptors (Lipinski definition) is 5. The molecule has 1 aliphatic rings. The van der Waals surface area contributed by atoms with Crippen LogP contribution in [0.1, 0.15) is 54.0 Å². The third kappa shape index (κ3) is 7.39. The first-order valence-corrected chi connectivity index (χ1v) is 13.3. The molecule has 0 saturated carbocycles. The number of rotatable bonds is 9. The van der Waals surface area contributed by atoms with E-state index in [9.17, 15) is 9.90 Å². The molecule has 1 heterocycles. The molecule has 3 aromatic rings. The van der Waals surface area contributed by atoms with Gasteiger partial charge >= 0.3 is 0 Å². The van der Waals surface area contributed by atoms with E-state index in [2.05, 4.69) is 17.2 Å². The van der Waals surface area contributed by atoms with Gasteiger partial charge in [-0.2, -0.15) is 0 Å². The number of phenolic OH excluding ortho intramolecular Hbond substituents is 1. The molecule has 1 unspecified atom stereocenters. The molecule has 0 spiro atoms. The lowest BCUT2D eigenvalue weighted by Crippen LogP contribution is -2.38. The summed E-state index contributed by atoms with van der Waals surface area (Å²) >= 11 is 0. The number of ether oxygens (including phenoxy) is 2. The first-order valence-electron chi connectivity index (χ1n) is 13.3. The Morgan fingerprint density at radius 3 is 2.38 bits per heavy atom. The van der Waals surface area contributed by atoms with Crippen LogP contribution in [0.4, 0.5) is 11.4 Å². The van der Waals surface area contributed by atoms with Crippen LogP contribution < -0.4 is 26.3 Å². The number of halogens is 1. The molecule has 0 aliphatic carbocycles. The number of hydrogen-bond donors (Lipinski definition) is 4. The van der Waals surface area contributed by atoms with Gasteiger partial charge in [0.15, 0.2) is 5.96 Å². The number of nitrogens with zero attached hydrogens (tertiary/aromatic N) is 1. The van der Waals surface area contributed by atoms with Crippen LogP contribution in [0, 0.1) is 20.8 Å². The number of fused-ring (bicyclic) bond motifs is 1. The standard InChI is InChI=1S/C31H38N4O4.ClH/c1-19-20(2)29-26(21(3)28(19)37)15-16-31(4,39-29)17-18-38-25-12-10-23(11-13-25)34-27(36)14-7-22-5-8-24(9-6-22)35-30(32)33;/h5-6,8-13,37H,7,14-18H2,1-4H3,(H,34,36)(H4,32,33,35);1H. The van der Waals surface area contributed by atoms with Gasteiger partial charge in [0.25, 0.3) is 0 Å². The van der Waals surface area contributed by atoms with Crippen molar-refractivity contribution in [2.24, 2.45) is 16.5 Å². The Kier molecular flexibility index (Phi) is 9.93. The van der Waals surface area contributed by atoms with E-state index in [1.54, 1.807) is 0 Å². The zero-order valence-electron chi connectivity index (χ0n) is 23.5. The van der Waals surface area contributed by atoms with Crippen LogP contribution in [0.5, 0.6) is 17.2 Å². The minimum Gasteiger partial charge on any atom is -0.507 e. The molecule has 214 valence electrons. The summed E-state index contributed by atoms with van der Waals surface area (Å²) in [6, 6.07) is 14.9. The summed E-state index contributed by atoms with van der Waals surface area (Å²) in [5.74, 6) is 1.96. The van der Waals surface area contributed by atoms with E-state index < -0.39 is 0 Å². The van der Waals surface area contributed by atoms with E-state index in [0.717, 1.165) is 64.3 Å². The van der Waals surface area contributed by atoms with E-state index in [1.165, 1.54) is 0 Å². The fourth-order valence-electron chi connectivity index (χ4n) is 4.86. The van der Waals surface area contributed by atoms with Crippen molar-refractivity contribution in [3.63, 3.8) is 0 Å². The predicted octanol–water partition coefficient (Wildman–Crippen LogP) is 5.77. The first-order chi connectivity index (χ1) is 18.5. The molecular formula is C31H39ClN4O4. The summed E-state index contributed by atoms with van der Waals surface area (Å²) in [7, 11) is 0. The summed E-state index contributed by atoms with van der Waals surface area (Å²) in [6.07, 6.45) is 3.43. The maximum atomic E-state index is 12.4. The summed E-state index contributed by atoms with van der Waals surface area (Å²) in [4.78, 5) is 16.4. The smallest absolute Gasteiger partial charge is 0.224 e. The Morgan fingerprint density at radius 1 is 1.05 bits per heavy atom. The van der Waals surface area contributed by atoms with Crippen molar-refractivity contribution >= 4 is 35.6 Å². The Hall–Kier alpha value is -3.91. The number of benzene rings is 3. The second kappa shape index (κ2) is 13.0. The summed E-state index contributed by atoms with van der Waals surface area (Å²) < 4.78 is 12.5. The number of phenols is 1. The second-order valence-electron chi connectivity index (χ2n) is 10.5. The van der Waals surface area contributed by atoms with Crippen molar-refractivity contribution in [3.05, 3.63) is 76.3 Å². The lowest BCUT2D eigenvalue weighted by molar-refractivity contribution is -0.116. The van der Waals surface area contributed by atoms with Crippen LogP contribution in [-0.2, 0) is 17.6 Å². The topological polar surface area (TPSA) is 132 Å². The highest BCUT2D eigenvalue weighted by atomic mass is 35.5. The average Bonchev–Trinajstić information content (AvgIpc) is 2.91.